The normalized spacial score (nSPS) is 24.5. The number of hydrogen-bond donors (Lipinski definition) is 2. The Bertz CT molecular complexity index is 334. The quantitative estimate of drug-likeness (QED) is 0.639. The Kier molecular flexibility index (Phi) is 8.37. The van der Waals surface area contributed by atoms with E-state index in [1.165, 1.54) is 6.42 Å². The highest BCUT2D eigenvalue weighted by molar-refractivity contribution is 7.99. The first-order valence-electron chi connectivity index (χ1n) is 7.32. The van der Waals surface area contributed by atoms with Crippen molar-refractivity contribution in [3.05, 3.63) is 0 Å². The predicted octanol–water partition coefficient (Wildman–Crippen LogP) is 1.97. The minimum Gasteiger partial charge on any atom is -0.317 e. The zero-order chi connectivity index (χ0) is 14.1. The van der Waals surface area contributed by atoms with Crippen molar-refractivity contribution in [2.45, 2.75) is 56.7 Å². The van der Waals surface area contributed by atoms with Crippen molar-refractivity contribution < 1.29 is 8.42 Å². The van der Waals surface area contributed by atoms with Gasteiger partial charge in [-0.15, -0.1) is 0 Å². The lowest BCUT2D eigenvalue weighted by Crippen LogP contribution is -2.44. The van der Waals surface area contributed by atoms with Crippen molar-refractivity contribution >= 4 is 21.8 Å². The van der Waals surface area contributed by atoms with Crippen LogP contribution in [0.1, 0.15) is 45.4 Å². The molecule has 2 N–H and O–H groups in total. The Balaban J connectivity index is 2.32. The van der Waals surface area contributed by atoms with Gasteiger partial charge in [0.1, 0.15) is 0 Å². The van der Waals surface area contributed by atoms with E-state index in [0.29, 0.717) is 5.25 Å². The van der Waals surface area contributed by atoms with Gasteiger partial charge in [0.25, 0.3) is 0 Å². The van der Waals surface area contributed by atoms with Crippen molar-refractivity contribution in [3.63, 3.8) is 0 Å². The van der Waals surface area contributed by atoms with Crippen molar-refractivity contribution in [1.29, 1.82) is 0 Å². The largest absolute Gasteiger partial charge is 0.317 e. The summed E-state index contributed by atoms with van der Waals surface area (Å²) in [4.78, 5) is 0. The summed E-state index contributed by atoms with van der Waals surface area (Å²) in [7, 11) is -3.10. The Morgan fingerprint density at radius 3 is 2.63 bits per heavy atom. The SMILES string of the molecule is CCNCCCCS(=O)(=O)NC1CCCCC1SC. The van der Waals surface area contributed by atoms with Crippen LogP contribution in [0.2, 0.25) is 0 Å². The second-order valence-corrected chi connectivity index (χ2v) is 8.11. The first kappa shape index (κ1) is 17.3. The smallest absolute Gasteiger partial charge is 0.211 e. The average Bonchev–Trinajstić information content (AvgIpc) is 2.38. The summed E-state index contributed by atoms with van der Waals surface area (Å²) in [5, 5.41) is 3.66. The van der Waals surface area contributed by atoms with Crippen LogP contribution in [0.25, 0.3) is 0 Å². The first-order chi connectivity index (χ1) is 9.09. The average molecular weight is 309 g/mol. The number of unbranched alkanes of at least 4 members (excludes halogenated alkanes) is 1. The third kappa shape index (κ3) is 6.97. The molecule has 0 aromatic heterocycles. The molecule has 0 bridgehead atoms. The number of thioether (sulfide) groups is 1. The summed E-state index contributed by atoms with van der Waals surface area (Å²) in [6.07, 6.45) is 8.23. The third-order valence-corrected chi connectivity index (χ3v) is 6.26. The van der Waals surface area contributed by atoms with Crippen LogP contribution in [0.3, 0.4) is 0 Å². The molecule has 0 amide bonds. The van der Waals surface area contributed by atoms with E-state index in [9.17, 15) is 8.42 Å². The highest BCUT2D eigenvalue weighted by Gasteiger charge is 2.27. The molecule has 1 aliphatic carbocycles. The fourth-order valence-corrected chi connectivity index (χ4v) is 4.99. The van der Waals surface area contributed by atoms with E-state index in [-0.39, 0.29) is 11.8 Å². The van der Waals surface area contributed by atoms with Gasteiger partial charge in [0.2, 0.25) is 10.0 Å². The van der Waals surface area contributed by atoms with Crippen LogP contribution in [0.5, 0.6) is 0 Å². The van der Waals surface area contributed by atoms with Crippen LogP contribution in [0.4, 0.5) is 0 Å². The Labute approximate surface area is 122 Å². The van der Waals surface area contributed by atoms with Crippen LogP contribution < -0.4 is 10.0 Å². The zero-order valence-electron chi connectivity index (χ0n) is 12.2. The van der Waals surface area contributed by atoms with Gasteiger partial charge in [-0.2, -0.15) is 11.8 Å². The van der Waals surface area contributed by atoms with Crippen LogP contribution in [0, 0.1) is 0 Å². The highest BCUT2D eigenvalue weighted by Crippen LogP contribution is 2.27. The van der Waals surface area contributed by atoms with E-state index in [1.54, 1.807) is 11.8 Å². The van der Waals surface area contributed by atoms with E-state index in [2.05, 4.69) is 23.2 Å². The van der Waals surface area contributed by atoms with Gasteiger partial charge in [0, 0.05) is 11.3 Å². The molecule has 19 heavy (non-hydrogen) atoms. The summed E-state index contributed by atoms with van der Waals surface area (Å²) < 4.78 is 27.0. The summed E-state index contributed by atoms with van der Waals surface area (Å²) in [5.41, 5.74) is 0. The molecule has 1 saturated carbocycles. The zero-order valence-corrected chi connectivity index (χ0v) is 13.8. The fraction of sp³-hybridized carbons (Fsp3) is 1.00. The molecule has 0 aliphatic heterocycles. The van der Waals surface area contributed by atoms with Gasteiger partial charge in [-0.3, -0.25) is 0 Å². The summed E-state index contributed by atoms with van der Waals surface area (Å²) in [6, 6.07) is 0.141. The topological polar surface area (TPSA) is 58.2 Å². The molecule has 1 rings (SSSR count). The highest BCUT2D eigenvalue weighted by atomic mass is 32.2. The molecule has 1 fully saturated rings. The number of rotatable bonds is 9. The predicted molar refractivity (Wildman–Crippen MR) is 84.3 cm³/mol. The van der Waals surface area contributed by atoms with Gasteiger partial charge in [0.15, 0.2) is 0 Å². The number of sulfonamides is 1. The van der Waals surface area contributed by atoms with E-state index in [0.717, 1.165) is 45.2 Å². The molecule has 6 heteroatoms. The summed E-state index contributed by atoms with van der Waals surface area (Å²) in [5.74, 6) is 0.260. The molecule has 0 aromatic rings. The number of hydrogen-bond acceptors (Lipinski definition) is 4. The maximum atomic E-state index is 12.1. The molecule has 0 saturated heterocycles. The molecule has 1 aliphatic rings. The van der Waals surface area contributed by atoms with Crippen molar-refractivity contribution in [2.75, 3.05) is 25.1 Å². The van der Waals surface area contributed by atoms with E-state index < -0.39 is 10.0 Å². The first-order valence-corrected chi connectivity index (χ1v) is 10.3. The molecule has 0 radical (unpaired) electrons. The van der Waals surface area contributed by atoms with Crippen molar-refractivity contribution in [2.24, 2.45) is 0 Å². The summed E-state index contributed by atoms with van der Waals surface area (Å²) >= 11 is 1.79. The molecule has 0 aromatic carbocycles. The van der Waals surface area contributed by atoms with Crippen molar-refractivity contribution in [1.82, 2.24) is 10.0 Å². The van der Waals surface area contributed by atoms with Crippen LogP contribution in [0.15, 0.2) is 0 Å². The standard InChI is InChI=1S/C13H28N2O2S2/c1-3-14-10-6-7-11-19(16,17)15-12-8-4-5-9-13(12)18-2/h12-15H,3-11H2,1-2H3. The number of nitrogens with one attached hydrogen (secondary N) is 2. The second-order valence-electron chi connectivity index (χ2n) is 5.16. The van der Waals surface area contributed by atoms with Gasteiger partial charge in [-0.1, -0.05) is 19.8 Å². The van der Waals surface area contributed by atoms with Crippen LogP contribution >= 0.6 is 11.8 Å². The lowest BCUT2D eigenvalue weighted by atomic mass is 9.96. The molecule has 2 unspecified atom stereocenters. The van der Waals surface area contributed by atoms with Crippen LogP contribution in [-0.2, 0) is 10.0 Å². The lowest BCUT2D eigenvalue weighted by Gasteiger charge is -2.30. The molecular formula is C13H28N2O2S2. The second kappa shape index (κ2) is 9.21. The van der Waals surface area contributed by atoms with Gasteiger partial charge in [-0.25, -0.2) is 13.1 Å². The lowest BCUT2D eigenvalue weighted by molar-refractivity contribution is 0.423. The Morgan fingerprint density at radius 2 is 1.95 bits per heavy atom. The Morgan fingerprint density at radius 1 is 1.21 bits per heavy atom. The van der Waals surface area contributed by atoms with Gasteiger partial charge < -0.3 is 5.32 Å². The minimum absolute atomic E-state index is 0.141. The third-order valence-electron chi connectivity index (χ3n) is 3.60. The maximum absolute atomic E-state index is 12.1. The summed E-state index contributed by atoms with van der Waals surface area (Å²) in [6.45, 7) is 3.91. The molecule has 4 nitrogen and oxygen atoms in total. The molecular weight excluding hydrogens is 280 g/mol. The van der Waals surface area contributed by atoms with Gasteiger partial charge in [-0.05, 0) is 45.0 Å². The minimum atomic E-state index is -3.10. The fourth-order valence-electron chi connectivity index (χ4n) is 2.52. The molecule has 0 spiro atoms. The Hall–Kier alpha value is 0.220. The van der Waals surface area contributed by atoms with Crippen LogP contribution in [-0.4, -0.2) is 44.8 Å². The van der Waals surface area contributed by atoms with E-state index >= 15 is 0 Å². The van der Waals surface area contributed by atoms with E-state index in [1.807, 2.05) is 0 Å². The van der Waals surface area contributed by atoms with Gasteiger partial charge in [0.05, 0.1) is 5.75 Å². The monoisotopic (exact) mass is 308 g/mol. The molecule has 0 heterocycles. The molecule has 2 atom stereocenters. The van der Waals surface area contributed by atoms with Gasteiger partial charge >= 0.3 is 0 Å². The van der Waals surface area contributed by atoms with E-state index in [4.69, 9.17) is 0 Å². The molecule has 114 valence electrons. The maximum Gasteiger partial charge on any atom is 0.211 e. The van der Waals surface area contributed by atoms with Crippen molar-refractivity contribution in [3.8, 4) is 0 Å².